The van der Waals surface area contributed by atoms with Gasteiger partial charge in [-0.05, 0) is 17.7 Å². The quantitative estimate of drug-likeness (QED) is 0.835. The van der Waals surface area contributed by atoms with Crippen LogP contribution < -0.4 is 10.6 Å². The fourth-order valence-electron chi connectivity index (χ4n) is 1.82. The Bertz CT molecular complexity index is 620. The first kappa shape index (κ1) is 10.5. The van der Waals surface area contributed by atoms with Crippen molar-refractivity contribution in [3.63, 3.8) is 0 Å². The van der Waals surface area contributed by atoms with Crippen molar-refractivity contribution in [2.24, 2.45) is 0 Å². The summed E-state index contributed by atoms with van der Waals surface area (Å²) in [4.78, 5) is 23.1. The van der Waals surface area contributed by atoms with Crippen molar-refractivity contribution in [1.29, 1.82) is 0 Å². The second-order valence-corrected chi connectivity index (χ2v) is 3.94. The molecule has 1 aromatic carbocycles. The van der Waals surface area contributed by atoms with Crippen molar-refractivity contribution in [2.75, 3.05) is 10.6 Å². The van der Waals surface area contributed by atoms with Gasteiger partial charge in [-0.15, -0.1) is 0 Å². The van der Waals surface area contributed by atoms with Gasteiger partial charge in [0.15, 0.2) is 5.82 Å². The molecule has 90 valence electrons. The lowest BCUT2D eigenvalue weighted by Crippen LogP contribution is -2.12. The van der Waals surface area contributed by atoms with Crippen molar-refractivity contribution in [3.8, 4) is 0 Å². The van der Waals surface area contributed by atoms with Gasteiger partial charge in [-0.25, -0.2) is 0 Å². The predicted molar refractivity (Wildman–Crippen MR) is 63.2 cm³/mol. The molecule has 0 bridgehead atoms. The molecule has 0 spiro atoms. The van der Waals surface area contributed by atoms with Crippen LogP contribution >= 0.6 is 0 Å². The molecule has 0 saturated carbocycles. The van der Waals surface area contributed by atoms with Crippen LogP contribution in [-0.4, -0.2) is 17.0 Å². The first-order valence-electron chi connectivity index (χ1n) is 5.37. The molecule has 0 atom stereocenters. The molecule has 1 aliphatic rings. The number of fused-ring (bicyclic) bond motifs is 1. The van der Waals surface area contributed by atoms with Crippen LogP contribution in [0.5, 0.6) is 0 Å². The highest BCUT2D eigenvalue weighted by atomic mass is 16.5. The number of amides is 2. The lowest BCUT2D eigenvalue weighted by atomic mass is 10.1. The van der Waals surface area contributed by atoms with E-state index in [1.807, 2.05) is 0 Å². The van der Waals surface area contributed by atoms with Gasteiger partial charge in [0.05, 0.1) is 6.42 Å². The molecule has 2 aromatic rings. The van der Waals surface area contributed by atoms with E-state index in [4.69, 9.17) is 0 Å². The predicted octanol–water partition coefficient (Wildman–Crippen LogP) is 1.42. The average molecular weight is 243 g/mol. The molecule has 0 fully saturated rings. The summed E-state index contributed by atoms with van der Waals surface area (Å²) in [7, 11) is 0. The van der Waals surface area contributed by atoms with E-state index in [9.17, 15) is 9.59 Å². The highest BCUT2D eigenvalue weighted by molar-refractivity contribution is 6.06. The monoisotopic (exact) mass is 243 g/mol. The van der Waals surface area contributed by atoms with Crippen molar-refractivity contribution in [1.82, 2.24) is 5.16 Å². The number of nitrogens with zero attached hydrogens (tertiary/aromatic N) is 1. The van der Waals surface area contributed by atoms with Crippen LogP contribution in [0.3, 0.4) is 0 Å². The Kier molecular flexibility index (Phi) is 2.33. The van der Waals surface area contributed by atoms with E-state index in [1.54, 1.807) is 24.3 Å². The molecule has 2 N–H and O–H groups in total. The molecule has 0 saturated heterocycles. The normalized spacial score (nSPS) is 13.0. The van der Waals surface area contributed by atoms with Gasteiger partial charge in [-0.3, -0.25) is 9.59 Å². The molecule has 1 aromatic heterocycles. The zero-order valence-electron chi connectivity index (χ0n) is 9.27. The minimum absolute atomic E-state index is 0.0564. The Morgan fingerprint density at radius 1 is 1.39 bits per heavy atom. The van der Waals surface area contributed by atoms with Gasteiger partial charge in [0.25, 0.3) is 5.91 Å². The number of hydrogen-bond donors (Lipinski definition) is 2. The molecule has 1 aliphatic heterocycles. The van der Waals surface area contributed by atoms with Gasteiger partial charge in [0, 0.05) is 17.3 Å². The van der Waals surface area contributed by atoms with Crippen LogP contribution in [0.15, 0.2) is 35.1 Å². The number of carbonyl (C=O) groups excluding carboxylic acids is 2. The third-order valence-corrected chi connectivity index (χ3v) is 2.68. The summed E-state index contributed by atoms with van der Waals surface area (Å²) in [5.41, 5.74) is 2.05. The Morgan fingerprint density at radius 3 is 3.06 bits per heavy atom. The lowest BCUT2D eigenvalue weighted by molar-refractivity contribution is -0.115. The molecule has 0 unspecified atom stereocenters. The number of rotatable bonds is 2. The second-order valence-electron chi connectivity index (χ2n) is 3.94. The van der Waals surface area contributed by atoms with E-state index in [2.05, 4.69) is 20.3 Å². The minimum atomic E-state index is -0.298. The van der Waals surface area contributed by atoms with Crippen LogP contribution in [0, 0.1) is 0 Å². The maximum absolute atomic E-state index is 11.9. The van der Waals surface area contributed by atoms with E-state index in [0.717, 1.165) is 5.56 Å². The maximum atomic E-state index is 11.9. The van der Waals surface area contributed by atoms with Gasteiger partial charge in [0.2, 0.25) is 5.91 Å². The third kappa shape index (κ3) is 1.84. The lowest BCUT2D eigenvalue weighted by Gasteiger charge is -2.04. The Hall–Kier alpha value is -2.63. The molecule has 2 amide bonds. The molecule has 0 aliphatic carbocycles. The Balaban J connectivity index is 1.83. The zero-order valence-corrected chi connectivity index (χ0v) is 9.27. The smallest absolute Gasteiger partial charge is 0.256 e. The molecule has 6 nitrogen and oxygen atoms in total. The van der Waals surface area contributed by atoms with Gasteiger partial charge >= 0.3 is 0 Å². The number of hydrogen-bond acceptors (Lipinski definition) is 4. The van der Waals surface area contributed by atoms with Crippen molar-refractivity contribution in [2.45, 2.75) is 6.42 Å². The molecule has 2 heterocycles. The summed E-state index contributed by atoms with van der Waals surface area (Å²) in [6.45, 7) is 0. The largest absolute Gasteiger partial charge is 0.363 e. The van der Waals surface area contributed by atoms with Crippen molar-refractivity contribution in [3.05, 3.63) is 41.7 Å². The summed E-state index contributed by atoms with van der Waals surface area (Å²) in [6, 6.07) is 6.64. The number of benzene rings is 1. The van der Waals surface area contributed by atoms with Gasteiger partial charge in [-0.1, -0.05) is 11.2 Å². The first-order chi connectivity index (χ1) is 8.72. The average Bonchev–Trinajstić information content (AvgIpc) is 2.95. The standard InChI is InChI=1S/C12H9N3O3/c16-11-6-7-1-2-8(5-9(7)13-11)12(17)14-10-3-4-18-15-10/h1-5H,6H2,(H,13,16)(H,14,15,17). The van der Waals surface area contributed by atoms with Gasteiger partial charge in [-0.2, -0.15) is 0 Å². The molecule has 3 rings (SSSR count). The van der Waals surface area contributed by atoms with Crippen LogP contribution in [0.4, 0.5) is 11.5 Å². The van der Waals surface area contributed by atoms with Crippen LogP contribution in [0.1, 0.15) is 15.9 Å². The summed E-state index contributed by atoms with van der Waals surface area (Å²) in [5, 5.41) is 8.87. The van der Waals surface area contributed by atoms with Crippen LogP contribution in [0.25, 0.3) is 0 Å². The topological polar surface area (TPSA) is 84.2 Å². The van der Waals surface area contributed by atoms with Crippen LogP contribution in [0.2, 0.25) is 0 Å². The van der Waals surface area contributed by atoms with Crippen molar-refractivity contribution < 1.29 is 14.1 Å². The summed E-state index contributed by atoms with van der Waals surface area (Å²) in [6.07, 6.45) is 1.74. The highest BCUT2D eigenvalue weighted by Crippen LogP contribution is 2.24. The van der Waals surface area contributed by atoms with Crippen molar-refractivity contribution >= 4 is 23.3 Å². The van der Waals surface area contributed by atoms with E-state index < -0.39 is 0 Å². The van der Waals surface area contributed by atoms with Crippen LogP contribution in [-0.2, 0) is 11.2 Å². The fourth-order valence-corrected chi connectivity index (χ4v) is 1.82. The zero-order chi connectivity index (χ0) is 12.5. The SMILES string of the molecule is O=C1Cc2ccc(C(=O)Nc3ccon3)cc2N1. The van der Waals surface area contributed by atoms with Gasteiger partial charge in [0.1, 0.15) is 6.26 Å². The second kappa shape index (κ2) is 3.99. The Morgan fingerprint density at radius 2 is 2.28 bits per heavy atom. The minimum Gasteiger partial charge on any atom is -0.363 e. The maximum Gasteiger partial charge on any atom is 0.256 e. The molecule has 6 heteroatoms. The Labute approximate surface area is 102 Å². The molecular weight excluding hydrogens is 234 g/mol. The number of anilines is 2. The molecular formula is C12H9N3O3. The fraction of sp³-hybridized carbons (Fsp3) is 0.0833. The highest BCUT2D eigenvalue weighted by Gasteiger charge is 2.19. The van der Waals surface area contributed by atoms with E-state index in [1.165, 1.54) is 6.26 Å². The molecule has 0 radical (unpaired) electrons. The first-order valence-corrected chi connectivity index (χ1v) is 5.37. The van der Waals surface area contributed by atoms with E-state index >= 15 is 0 Å². The summed E-state index contributed by atoms with van der Waals surface area (Å²) in [5.74, 6) is -0.00329. The van der Waals surface area contributed by atoms with Gasteiger partial charge < -0.3 is 15.2 Å². The number of aromatic nitrogens is 1. The molecule has 18 heavy (non-hydrogen) atoms. The summed E-state index contributed by atoms with van der Waals surface area (Å²) >= 11 is 0. The van der Waals surface area contributed by atoms with E-state index in [0.29, 0.717) is 23.5 Å². The summed E-state index contributed by atoms with van der Waals surface area (Å²) < 4.78 is 4.62. The van der Waals surface area contributed by atoms with E-state index in [-0.39, 0.29) is 11.8 Å². The number of carbonyl (C=O) groups is 2. The number of nitrogens with one attached hydrogen (secondary N) is 2. The third-order valence-electron chi connectivity index (χ3n) is 2.68.